The average molecular weight is 272 g/mol. The molecule has 0 saturated carbocycles. The zero-order valence-electron chi connectivity index (χ0n) is 10.0. The van der Waals surface area contributed by atoms with Gasteiger partial charge in [-0.15, -0.1) is 0 Å². The van der Waals surface area contributed by atoms with Gasteiger partial charge < -0.3 is 5.32 Å². The Balaban J connectivity index is 1.85. The van der Waals surface area contributed by atoms with Crippen molar-refractivity contribution in [3.05, 3.63) is 33.8 Å². The van der Waals surface area contributed by atoms with Gasteiger partial charge in [0.2, 0.25) is 0 Å². The van der Waals surface area contributed by atoms with Crippen LogP contribution < -0.4 is 5.32 Å². The second-order valence-corrected chi connectivity index (χ2v) is 5.60. The van der Waals surface area contributed by atoms with Crippen molar-refractivity contribution in [2.45, 2.75) is 44.6 Å². The normalized spacial score (nSPS) is 21.2. The lowest BCUT2D eigenvalue weighted by Gasteiger charge is -2.15. The zero-order chi connectivity index (χ0) is 12.1. The molecule has 0 bridgehead atoms. The molecule has 1 fully saturated rings. The van der Waals surface area contributed by atoms with Crippen LogP contribution >= 0.6 is 23.2 Å². The van der Waals surface area contributed by atoms with Crippen LogP contribution in [0.25, 0.3) is 0 Å². The molecule has 1 atom stereocenters. The molecule has 1 nitrogen and oxygen atoms in total. The van der Waals surface area contributed by atoms with E-state index in [1.165, 1.54) is 44.2 Å². The topological polar surface area (TPSA) is 12.0 Å². The Morgan fingerprint density at radius 1 is 1.12 bits per heavy atom. The molecule has 0 spiro atoms. The fraction of sp³-hybridized carbons (Fsp3) is 0.571. The van der Waals surface area contributed by atoms with E-state index < -0.39 is 0 Å². The van der Waals surface area contributed by atoms with E-state index in [0.29, 0.717) is 16.1 Å². The first-order valence-corrected chi connectivity index (χ1v) is 7.18. The Labute approximate surface area is 114 Å². The summed E-state index contributed by atoms with van der Waals surface area (Å²) in [6, 6.07) is 6.62. The summed E-state index contributed by atoms with van der Waals surface area (Å²) >= 11 is 11.9. The van der Waals surface area contributed by atoms with Crippen molar-refractivity contribution >= 4 is 23.2 Å². The lowest BCUT2D eigenvalue weighted by atomic mass is 10.0. The van der Waals surface area contributed by atoms with Gasteiger partial charge in [0.05, 0.1) is 10.0 Å². The number of hydrogen-bond acceptors (Lipinski definition) is 1. The number of hydrogen-bond donors (Lipinski definition) is 1. The molecule has 0 amide bonds. The van der Waals surface area contributed by atoms with Crippen molar-refractivity contribution < 1.29 is 0 Å². The van der Waals surface area contributed by atoms with Crippen molar-refractivity contribution in [1.29, 1.82) is 0 Å². The van der Waals surface area contributed by atoms with E-state index in [2.05, 4.69) is 11.4 Å². The molecule has 1 aromatic rings. The molecule has 2 rings (SSSR count). The molecule has 0 aromatic heterocycles. The number of rotatable bonds is 3. The summed E-state index contributed by atoms with van der Waals surface area (Å²) in [5.41, 5.74) is 1.28. The number of nitrogens with one attached hydrogen (secondary N) is 1. The third-order valence-corrected chi connectivity index (χ3v) is 4.17. The largest absolute Gasteiger partial charge is 0.314 e. The Morgan fingerprint density at radius 3 is 2.82 bits per heavy atom. The fourth-order valence-corrected chi connectivity index (χ4v) is 2.70. The molecule has 1 saturated heterocycles. The van der Waals surface area contributed by atoms with E-state index in [0.717, 1.165) is 6.42 Å². The first-order valence-electron chi connectivity index (χ1n) is 6.43. The van der Waals surface area contributed by atoms with Crippen molar-refractivity contribution in [2.24, 2.45) is 0 Å². The van der Waals surface area contributed by atoms with Crippen LogP contribution in [-0.4, -0.2) is 12.6 Å². The second-order valence-electron chi connectivity index (χ2n) is 4.79. The first-order chi connectivity index (χ1) is 8.25. The molecule has 0 radical (unpaired) electrons. The molecular formula is C14H19Cl2N. The quantitative estimate of drug-likeness (QED) is 0.856. The van der Waals surface area contributed by atoms with Gasteiger partial charge in [-0.2, -0.15) is 0 Å². The predicted octanol–water partition coefficient (Wildman–Crippen LogP) is 4.46. The van der Waals surface area contributed by atoms with Crippen molar-refractivity contribution in [3.63, 3.8) is 0 Å². The van der Waals surface area contributed by atoms with Crippen LogP contribution in [0.1, 0.15) is 37.7 Å². The van der Waals surface area contributed by atoms with E-state index >= 15 is 0 Å². The average Bonchev–Trinajstić information content (AvgIpc) is 2.59. The maximum absolute atomic E-state index is 6.01. The molecule has 0 aliphatic carbocycles. The molecule has 1 N–H and O–H groups in total. The van der Waals surface area contributed by atoms with E-state index in [1.807, 2.05) is 12.1 Å². The van der Waals surface area contributed by atoms with Crippen molar-refractivity contribution in [2.75, 3.05) is 6.54 Å². The van der Waals surface area contributed by atoms with E-state index in [4.69, 9.17) is 23.2 Å². The van der Waals surface area contributed by atoms with Gasteiger partial charge in [0, 0.05) is 6.04 Å². The highest BCUT2D eigenvalue weighted by molar-refractivity contribution is 6.42. The summed E-state index contributed by atoms with van der Waals surface area (Å²) in [4.78, 5) is 0. The zero-order valence-corrected chi connectivity index (χ0v) is 11.5. The minimum absolute atomic E-state index is 0.642. The van der Waals surface area contributed by atoms with Crippen LogP contribution in [-0.2, 0) is 6.42 Å². The lowest BCUT2D eigenvalue weighted by molar-refractivity contribution is 0.478. The molecular weight excluding hydrogens is 253 g/mol. The predicted molar refractivity (Wildman–Crippen MR) is 75.0 cm³/mol. The van der Waals surface area contributed by atoms with Gasteiger partial charge >= 0.3 is 0 Å². The molecule has 1 aliphatic rings. The van der Waals surface area contributed by atoms with Crippen LogP contribution in [0.15, 0.2) is 18.2 Å². The summed E-state index contributed by atoms with van der Waals surface area (Å²) in [6.07, 6.45) is 7.63. The highest BCUT2D eigenvalue weighted by Gasteiger charge is 2.11. The van der Waals surface area contributed by atoms with E-state index in [-0.39, 0.29) is 0 Å². The monoisotopic (exact) mass is 271 g/mol. The first kappa shape index (κ1) is 13.2. The van der Waals surface area contributed by atoms with Gasteiger partial charge in [0.15, 0.2) is 0 Å². The Morgan fingerprint density at radius 2 is 2.00 bits per heavy atom. The van der Waals surface area contributed by atoms with Gasteiger partial charge in [-0.3, -0.25) is 0 Å². The highest BCUT2D eigenvalue weighted by Crippen LogP contribution is 2.23. The van der Waals surface area contributed by atoms with Crippen molar-refractivity contribution in [1.82, 2.24) is 5.32 Å². The highest BCUT2D eigenvalue weighted by atomic mass is 35.5. The van der Waals surface area contributed by atoms with Crippen LogP contribution in [0.3, 0.4) is 0 Å². The van der Waals surface area contributed by atoms with E-state index in [1.54, 1.807) is 0 Å². The molecule has 94 valence electrons. The summed E-state index contributed by atoms with van der Waals surface area (Å²) in [7, 11) is 0. The summed E-state index contributed by atoms with van der Waals surface area (Å²) in [5, 5.41) is 4.93. The minimum Gasteiger partial charge on any atom is -0.314 e. The molecule has 17 heavy (non-hydrogen) atoms. The van der Waals surface area contributed by atoms with Crippen LogP contribution in [0.2, 0.25) is 10.0 Å². The summed E-state index contributed by atoms with van der Waals surface area (Å²) in [5.74, 6) is 0. The minimum atomic E-state index is 0.642. The summed E-state index contributed by atoms with van der Waals surface area (Å²) in [6.45, 7) is 1.17. The molecule has 1 heterocycles. The third-order valence-electron chi connectivity index (χ3n) is 3.43. The van der Waals surface area contributed by atoms with E-state index in [9.17, 15) is 0 Å². The Hall–Kier alpha value is -0.240. The molecule has 1 unspecified atom stereocenters. The number of halogens is 2. The van der Waals surface area contributed by atoms with Gasteiger partial charge in [0.25, 0.3) is 0 Å². The number of aryl methyl sites for hydroxylation is 1. The van der Waals surface area contributed by atoms with Gasteiger partial charge in [-0.25, -0.2) is 0 Å². The maximum atomic E-state index is 6.01. The molecule has 1 aromatic carbocycles. The lowest BCUT2D eigenvalue weighted by Crippen LogP contribution is -2.28. The summed E-state index contributed by atoms with van der Waals surface area (Å²) < 4.78 is 0. The smallest absolute Gasteiger partial charge is 0.0595 e. The van der Waals surface area contributed by atoms with Gasteiger partial charge in [-0.05, 0) is 49.9 Å². The maximum Gasteiger partial charge on any atom is 0.0595 e. The Bertz CT molecular complexity index is 357. The SMILES string of the molecule is Clc1ccc(CCC2CCCCCN2)cc1Cl. The number of benzene rings is 1. The molecule has 1 aliphatic heterocycles. The van der Waals surface area contributed by atoms with Crippen LogP contribution in [0, 0.1) is 0 Å². The fourth-order valence-electron chi connectivity index (χ4n) is 2.38. The molecule has 3 heteroatoms. The third kappa shape index (κ3) is 4.17. The standard InChI is InChI=1S/C14H19Cl2N/c15-13-8-6-11(10-14(13)16)5-7-12-4-2-1-3-9-17-12/h6,8,10,12,17H,1-5,7,9H2. The van der Waals surface area contributed by atoms with Gasteiger partial charge in [-0.1, -0.05) is 42.1 Å². The van der Waals surface area contributed by atoms with Crippen LogP contribution in [0.4, 0.5) is 0 Å². The Kier molecular flexibility index (Phi) is 5.15. The van der Waals surface area contributed by atoms with Crippen molar-refractivity contribution in [3.8, 4) is 0 Å². The van der Waals surface area contributed by atoms with Gasteiger partial charge in [0.1, 0.15) is 0 Å². The van der Waals surface area contributed by atoms with Crippen LogP contribution in [0.5, 0.6) is 0 Å². The second kappa shape index (κ2) is 6.63.